The zero-order valence-electron chi connectivity index (χ0n) is 9.31. The highest BCUT2D eigenvalue weighted by Crippen LogP contribution is 2.27. The second-order valence-electron chi connectivity index (χ2n) is 4.41. The van der Waals surface area contributed by atoms with Crippen molar-refractivity contribution in [2.24, 2.45) is 0 Å². The Hall–Kier alpha value is -0.240. The molecule has 88 valence electrons. The third-order valence-electron chi connectivity index (χ3n) is 3.10. The molecule has 1 aromatic rings. The van der Waals surface area contributed by atoms with Gasteiger partial charge in [0.15, 0.2) is 0 Å². The van der Waals surface area contributed by atoms with E-state index in [1.807, 2.05) is 12.1 Å². The minimum atomic E-state index is 0.413. The van der Waals surface area contributed by atoms with Crippen LogP contribution in [0.2, 0.25) is 10.0 Å². The smallest absolute Gasteiger partial charge is 0.0424 e. The van der Waals surface area contributed by atoms with E-state index in [0.717, 1.165) is 16.6 Å². The van der Waals surface area contributed by atoms with Crippen LogP contribution in [0.5, 0.6) is 0 Å². The van der Waals surface area contributed by atoms with Gasteiger partial charge in [-0.1, -0.05) is 42.5 Å². The summed E-state index contributed by atoms with van der Waals surface area (Å²) in [5.41, 5.74) is 1.22. The van der Waals surface area contributed by atoms with E-state index in [9.17, 15) is 0 Å². The summed E-state index contributed by atoms with van der Waals surface area (Å²) in [6, 6.07) is 6.24. The first-order valence-corrected chi connectivity index (χ1v) is 6.71. The van der Waals surface area contributed by atoms with Crippen molar-refractivity contribution in [1.29, 1.82) is 0 Å². The Bertz CT molecular complexity index is 324. The van der Waals surface area contributed by atoms with Crippen molar-refractivity contribution in [2.45, 2.75) is 38.1 Å². The summed E-state index contributed by atoms with van der Waals surface area (Å²) in [5, 5.41) is 5.03. The van der Waals surface area contributed by atoms with Gasteiger partial charge in [-0.25, -0.2) is 0 Å². The van der Waals surface area contributed by atoms with Crippen molar-refractivity contribution in [2.75, 3.05) is 6.54 Å². The molecule has 0 saturated carbocycles. The van der Waals surface area contributed by atoms with Crippen LogP contribution in [0, 0.1) is 0 Å². The zero-order valence-corrected chi connectivity index (χ0v) is 10.8. The van der Waals surface area contributed by atoms with Crippen molar-refractivity contribution in [1.82, 2.24) is 5.32 Å². The van der Waals surface area contributed by atoms with Gasteiger partial charge in [-0.15, -0.1) is 0 Å². The normalized spacial score (nSPS) is 22.5. The molecule has 16 heavy (non-hydrogen) atoms. The molecule has 1 heterocycles. The molecule has 1 aliphatic rings. The Balaban J connectivity index is 2.13. The third-order valence-corrected chi connectivity index (χ3v) is 3.53. The number of nitrogens with one attached hydrogen (secondary N) is 1. The second kappa shape index (κ2) is 5.90. The van der Waals surface area contributed by atoms with Gasteiger partial charge in [0.1, 0.15) is 0 Å². The highest BCUT2D eigenvalue weighted by Gasteiger charge is 2.13. The van der Waals surface area contributed by atoms with Gasteiger partial charge in [0.2, 0.25) is 0 Å². The van der Waals surface area contributed by atoms with Crippen LogP contribution >= 0.6 is 23.2 Å². The minimum Gasteiger partial charge on any atom is -0.310 e. The summed E-state index contributed by atoms with van der Waals surface area (Å²) in [7, 11) is 0. The van der Waals surface area contributed by atoms with E-state index in [4.69, 9.17) is 23.2 Å². The Morgan fingerprint density at radius 2 is 1.62 bits per heavy atom. The average Bonchev–Trinajstić information content (AvgIpc) is 2.14. The standard InChI is InChI=1S/C13H17Cl2N/c14-11-7-10(8-12(15)9-11)13-5-3-1-2-4-6-16-13/h7-9,13,16H,1-6H2. The first kappa shape index (κ1) is 12.2. The first-order valence-electron chi connectivity index (χ1n) is 5.95. The highest BCUT2D eigenvalue weighted by atomic mass is 35.5. The second-order valence-corrected chi connectivity index (χ2v) is 5.29. The number of benzene rings is 1. The molecule has 1 unspecified atom stereocenters. The van der Waals surface area contributed by atoms with Crippen LogP contribution in [0.4, 0.5) is 0 Å². The number of hydrogen-bond acceptors (Lipinski definition) is 1. The molecule has 2 rings (SSSR count). The summed E-state index contributed by atoms with van der Waals surface area (Å²) in [4.78, 5) is 0. The van der Waals surface area contributed by atoms with Gasteiger partial charge in [-0.05, 0) is 43.1 Å². The fourth-order valence-electron chi connectivity index (χ4n) is 2.27. The molecule has 0 spiro atoms. The summed E-state index contributed by atoms with van der Waals surface area (Å²) in [6.07, 6.45) is 6.41. The maximum Gasteiger partial charge on any atom is 0.0424 e. The lowest BCUT2D eigenvalue weighted by Gasteiger charge is -2.22. The molecule has 0 radical (unpaired) electrons. The SMILES string of the molecule is Clc1cc(Cl)cc(C2CCCCCCN2)c1. The predicted molar refractivity (Wildman–Crippen MR) is 70.3 cm³/mol. The van der Waals surface area contributed by atoms with Gasteiger partial charge in [-0.3, -0.25) is 0 Å². The van der Waals surface area contributed by atoms with Crippen LogP contribution in [0.3, 0.4) is 0 Å². The van der Waals surface area contributed by atoms with E-state index >= 15 is 0 Å². The van der Waals surface area contributed by atoms with Gasteiger partial charge in [0.25, 0.3) is 0 Å². The zero-order chi connectivity index (χ0) is 11.4. The van der Waals surface area contributed by atoms with Crippen LogP contribution in [-0.2, 0) is 0 Å². The van der Waals surface area contributed by atoms with E-state index in [0.29, 0.717) is 6.04 Å². The molecule has 1 N–H and O–H groups in total. The monoisotopic (exact) mass is 257 g/mol. The Morgan fingerprint density at radius 1 is 0.938 bits per heavy atom. The van der Waals surface area contributed by atoms with E-state index in [1.165, 1.54) is 37.7 Å². The fraction of sp³-hybridized carbons (Fsp3) is 0.538. The van der Waals surface area contributed by atoms with Gasteiger partial charge in [-0.2, -0.15) is 0 Å². The summed E-state index contributed by atoms with van der Waals surface area (Å²) in [5.74, 6) is 0. The van der Waals surface area contributed by atoms with Crippen LogP contribution in [0.25, 0.3) is 0 Å². The third kappa shape index (κ3) is 3.38. The molecule has 1 fully saturated rings. The number of hydrogen-bond donors (Lipinski definition) is 1. The largest absolute Gasteiger partial charge is 0.310 e. The number of rotatable bonds is 1. The molecule has 1 aromatic carbocycles. The Morgan fingerprint density at radius 3 is 2.38 bits per heavy atom. The minimum absolute atomic E-state index is 0.413. The molecule has 1 atom stereocenters. The topological polar surface area (TPSA) is 12.0 Å². The summed E-state index contributed by atoms with van der Waals surface area (Å²) in [6.45, 7) is 1.09. The van der Waals surface area contributed by atoms with E-state index in [-0.39, 0.29) is 0 Å². The quantitative estimate of drug-likeness (QED) is 0.776. The lowest BCUT2D eigenvalue weighted by atomic mass is 9.98. The van der Waals surface area contributed by atoms with E-state index in [2.05, 4.69) is 5.32 Å². The van der Waals surface area contributed by atoms with Crippen molar-refractivity contribution in [3.8, 4) is 0 Å². The van der Waals surface area contributed by atoms with Gasteiger partial charge >= 0.3 is 0 Å². The molecule has 1 aliphatic heterocycles. The van der Waals surface area contributed by atoms with Crippen molar-refractivity contribution < 1.29 is 0 Å². The molecule has 1 saturated heterocycles. The van der Waals surface area contributed by atoms with Crippen LogP contribution in [-0.4, -0.2) is 6.54 Å². The first-order chi connectivity index (χ1) is 7.75. The molecular formula is C13H17Cl2N. The van der Waals surface area contributed by atoms with Crippen molar-refractivity contribution >= 4 is 23.2 Å². The van der Waals surface area contributed by atoms with Crippen LogP contribution < -0.4 is 5.32 Å². The van der Waals surface area contributed by atoms with Crippen LogP contribution in [0.15, 0.2) is 18.2 Å². The average molecular weight is 258 g/mol. The highest BCUT2D eigenvalue weighted by molar-refractivity contribution is 6.34. The summed E-state index contributed by atoms with van der Waals surface area (Å²) >= 11 is 12.1. The summed E-state index contributed by atoms with van der Waals surface area (Å²) < 4.78 is 0. The van der Waals surface area contributed by atoms with Gasteiger partial charge in [0, 0.05) is 16.1 Å². The Labute approximate surface area is 107 Å². The molecule has 0 amide bonds. The molecular weight excluding hydrogens is 241 g/mol. The Kier molecular flexibility index (Phi) is 4.51. The molecule has 0 aliphatic carbocycles. The maximum absolute atomic E-state index is 6.03. The van der Waals surface area contributed by atoms with Gasteiger partial charge in [0.05, 0.1) is 0 Å². The maximum atomic E-state index is 6.03. The lowest BCUT2D eigenvalue weighted by Crippen LogP contribution is -2.24. The fourth-order valence-corrected chi connectivity index (χ4v) is 2.81. The molecule has 0 bridgehead atoms. The molecule has 0 aromatic heterocycles. The lowest BCUT2D eigenvalue weighted by molar-refractivity contribution is 0.427. The van der Waals surface area contributed by atoms with Crippen molar-refractivity contribution in [3.63, 3.8) is 0 Å². The molecule has 1 nitrogen and oxygen atoms in total. The molecule has 3 heteroatoms. The van der Waals surface area contributed by atoms with E-state index < -0.39 is 0 Å². The van der Waals surface area contributed by atoms with Crippen LogP contribution in [0.1, 0.15) is 43.7 Å². The number of halogens is 2. The van der Waals surface area contributed by atoms with Crippen molar-refractivity contribution in [3.05, 3.63) is 33.8 Å². The predicted octanol–water partition coefficient (Wildman–Crippen LogP) is 4.59. The van der Waals surface area contributed by atoms with Gasteiger partial charge < -0.3 is 5.32 Å². The van der Waals surface area contributed by atoms with E-state index in [1.54, 1.807) is 6.07 Å².